The van der Waals surface area contributed by atoms with Crippen molar-refractivity contribution in [3.05, 3.63) is 77.2 Å². The predicted octanol–water partition coefficient (Wildman–Crippen LogP) is 3.53. The van der Waals surface area contributed by atoms with Crippen LogP contribution >= 0.6 is 11.3 Å². The molecule has 0 fully saturated rings. The van der Waals surface area contributed by atoms with Crippen LogP contribution in [0.3, 0.4) is 0 Å². The van der Waals surface area contributed by atoms with Gasteiger partial charge < -0.3 is 10.1 Å². The van der Waals surface area contributed by atoms with Crippen molar-refractivity contribution >= 4 is 33.0 Å². The number of carbonyl (C=O) groups excluding carboxylic acids is 1. The van der Waals surface area contributed by atoms with Crippen LogP contribution in [0.25, 0.3) is 0 Å². The van der Waals surface area contributed by atoms with Crippen molar-refractivity contribution in [3.8, 4) is 18.1 Å². The summed E-state index contributed by atoms with van der Waals surface area (Å²) in [6.45, 7) is 0.694. The summed E-state index contributed by atoms with van der Waals surface area (Å²) in [7, 11) is -3.61. The number of sulfonamides is 1. The van der Waals surface area contributed by atoms with E-state index >= 15 is 0 Å². The molecule has 0 unspecified atom stereocenters. The number of terminal acetylenes is 1. The van der Waals surface area contributed by atoms with Gasteiger partial charge in [0.05, 0.1) is 0 Å². The lowest BCUT2D eigenvalue weighted by molar-refractivity contribution is 0.0954. The van der Waals surface area contributed by atoms with Crippen molar-refractivity contribution in [3.63, 3.8) is 0 Å². The van der Waals surface area contributed by atoms with Gasteiger partial charge in [-0.05, 0) is 59.8 Å². The van der Waals surface area contributed by atoms with E-state index in [-0.39, 0.29) is 16.7 Å². The Balaban J connectivity index is 1.49. The molecule has 8 heteroatoms. The van der Waals surface area contributed by atoms with Gasteiger partial charge in [-0.2, -0.15) is 0 Å². The Morgan fingerprint density at radius 3 is 2.43 bits per heavy atom. The molecule has 6 nitrogen and oxygen atoms in total. The lowest BCUT2D eigenvalue weighted by atomic mass is 10.1. The summed E-state index contributed by atoms with van der Waals surface area (Å²) in [5.74, 6) is 2.89. The zero-order valence-corrected chi connectivity index (χ0v) is 17.6. The second-order valence-corrected chi connectivity index (χ2v) is 9.11. The fourth-order valence-electron chi connectivity index (χ4n) is 2.61. The van der Waals surface area contributed by atoms with Crippen LogP contribution < -0.4 is 14.8 Å². The standard InChI is InChI=1S/C22H20N2O4S2/c1-2-15-28-20-11-5-17(6-12-20)13-14-23-22(25)18-7-9-19(10-8-18)24-30(26,27)21-4-3-16-29-21/h1,3-12,16,24H,13-15H2,(H,23,25). The molecule has 0 aliphatic heterocycles. The van der Waals surface area contributed by atoms with Gasteiger partial charge in [-0.15, -0.1) is 17.8 Å². The third-order valence-electron chi connectivity index (χ3n) is 4.10. The minimum atomic E-state index is -3.61. The Labute approximate surface area is 180 Å². The van der Waals surface area contributed by atoms with E-state index in [1.807, 2.05) is 24.3 Å². The third kappa shape index (κ3) is 5.86. The van der Waals surface area contributed by atoms with Crippen LogP contribution in [0.4, 0.5) is 5.69 Å². The van der Waals surface area contributed by atoms with E-state index in [1.165, 1.54) is 6.07 Å². The quantitative estimate of drug-likeness (QED) is 0.499. The predicted molar refractivity (Wildman–Crippen MR) is 118 cm³/mol. The fraction of sp³-hybridized carbons (Fsp3) is 0.136. The average molecular weight is 441 g/mol. The molecule has 2 aromatic carbocycles. The van der Waals surface area contributed by atoms with Crippen molar-refractivity contribution in [1.29, 1.82) is 0 Å². The number of amides is 1. The van der Waals surface area contributed by atoms with Crippen LogP contribution in [0.5, 0.6) is 5.75 Å². The Kier molecular flexibility index (Phi) is 7.12. The van der Waals surface area contributed by atoms with Crippen LogP contribution in [0.2, 0.25) is 0 Å². The molecular formula is C22H20N2O4S2. The highest BCUT2D eigenvalue weighted by atomic mass is 32.2. The first-order valence-corrected chi connectivity index (χ1v) is 11.4. The molecule has 0 saturated heterocycles. The summed E-state index contributed by atoms with van der Waals surface area (Å²) in [4.78, 5) is 12.3. The van der Waals surface area contributed by atoms with Gasteiger partial charge in [0.15, 0.2) is 0 Å². The van der Waals surface area contributed by atoms with Crippen LogP contribution in [0.1, 0.15) is 15.9 Å². The van der Waals surface area contributed by atoms with Gasteiger partial charge in [0.2, 0.25) is 0 Å². The van der Waals surface area contributed by atoms with Crippen molar-refractivity contribution < 1.29 is 17.9 Å². The van der Waals surface area contributed by atoms with E-state index in [0.29, 0.717) is 30.0 Å². The molecule has 3 rings (SSSR count). The summed E-state index contributed by atoms with van der Waals surface area (Å²) < 4.78 is 32.5. The Morgan fingerprint density at radius 2 is 1.80 bits per heavy atom. The number of thiophene rings is 1. The number of benzene rings is 2. The maximum atomic E-state index is 12.3. The molecule has 1 heterocycles. The van der Waals surface area contributed by atoms with E-state index < -0.39 is 10.0 Å². The second-order valence-electron chi connectivity index (χ2n) is 6.26. The number of carbonyl (C=O) groups is 1. The molecule has 154 valence electrons. The molecule has 0 spiro atoms. The topological polar surface area (TPSA) is 84.5 Å². The normalized spacial score (nSPS) is 10.8. The number of hydrogen-bond donors (Lipinski definition) is 2. The summed E-state index contributed by atoms with van der Waals surface area (Å²) in [5, 5.41) is 4.55. The molecule has 0 saturated carbocycles. The highest BCUT2D eigenvalue weighted by Crippen LogP contribution is 2.20. The van der Waals surface area contributed by atoms with Crippen molar-refractivity contribution in [2.45, 2.75) is 10.6 Å². The summed E-state index contributed by atoms with van der Waals surface area (Å²) in [6, 6.07) is 17.0. The molecule has 0 atom stereocenters. The molecule has 0 aliphatic rings. The Bertz CT molecular complexity index is 1120. The fourth-order valence-corrected chi connectivity index (χ4v) is 4.66. The van der Waals surface area contributed by atoms with Crippen molar-refractivity contribution in [1.82, 2.24) is 5.32 Å². The second kappa shape index (κ2) is 9.96. The van der Waals surface area contributed by atoms with Crippen molar-refractivity contribution in [2.24, 2.45) is 0 Å². The molecule has 0 radical (unpaired) electrons. The number of anilines is 1. The smallest absolute Gasteiger partial charge is 0.271 e. The van der Waals surface area contributed by atoms with Gasteiger partial charge in [-0.25, -0.2) is 8.42 Å². The SMILES string of the molecule is C#CCOc1ccc(CCNC(=O)c2ccc(NS(=O)(=O)c3cccs3)cc2)cc1. The van der Waals surface area contributed by atoms with Gasteiger partial charge in [-0.1, -0.05) is 24.1 Å². The lowest BCUT2D eigenvalue weighted by Crippen LogP contribution is -2.25. The van der Waals surface area contributed by atoms with E-state index in [4.69, 9.17) is 11.2 Å². The molecule has 3 aromatic rings. The molecule has 2 N–H and O–H groups in total. The first-order valence-electron chi connectivity index (χ1n) is 9.08. The zero-order chi connectivity index (χ0) is 21.4. The van der Waals surface area contributed by atoms with E-state index in [1.54, 1.807) is 35.7 Å². The summed E-state index contributed by atoms with van der Waals surface area (Å²) in [5.41, 5.74) is 1.90. The number of rotatable bonds is 9. The van der Waals surface area contributed by atoms with Crippen LogP contribution in [-0.4, -0.2) is 27.5 Å². The van der Waals surface area contributed by atoms with Gasteiger partial charge in [0.1, 0.15) is 16.6 Å². The van der Waals surface area contributed by atoms with Gasteiger partial charge >= 0.3 is 0 Å². The van der Waals surface area contributed by atoms with Crippen LogP contribution in [-0.2, 0) is 16.4 Å². The molecule has 0 aliphatic carbocycles. The first-order chi connectivity index (χ1) is 14.5. The summed E-state index contributed by atoms with van der Waals surface area (Å²) >= 11 is 1.14. The molecule has 1 aromatic heterocycles. The summed E-state index contributed by atoms with van der Waals surface area (Å²) in [6.07, 6.45) is 5.82. The van der Waals surface area contributed by atoms with Crippen molar-refractivity contribution in [2.75, 3.05) is 17.9 Å². The largest absolute Gasteiger partial charge is 0.481 e. The minimum absolute atomic E-state index is 0.225. The highest BCUT2D eigenvalue weighted by molar-refractivity contribution is 7.94. The Morgan fingerprint density at radius 1 is 1.07 bits per heavy atom. The highest BCUT2D eigenvalue weighted by Gasteiger charge is 2.15. The monoisotopic (exact) mass is 440 g/mol. The molecule has 1 amide bonds. The lowest BCUT2D eigenvalue weighted by Gasteiger charge is -2.09. The van der Waals surface area contributed by atoms with E-state index in [2.05, 4.69) is 16.0 Å². The Hall–Kier alpha value is -3.28. The number of hydrogen-bond acceptors (Lipinski definition) is 5. The van der Waals surface area contributed by atoms with Gasteiger partial charge in [0, 0.05) is 17.8 Å². The minimum Gasteiger partial charge on any atom is -0.481 e. The molecular weight excluding hydrogens is 420 g/mol. The number of ether oxygens (including phenoxy) is 1. The van der Waals surface area contributed by atoms with Crippen LogP contribution in [0.15, 0.2) is 70.3 Å². The van der Waals surface area contributed by atoms with Gasteiger partial charge in [-0.3, -0.25) is 9.52 Å². The molecule has 0 bridgehead atoms. The maximum absolute atomic E-state index is 12.3. The van der Waals surface area contributed by atoms with E-state index in [9.17, 15) is 13.2 Å². The average Bonchev–Trinajstić information content (AvgIpc) is 3.29. The van der Waals surface area contributed by atoms with Gasteiger partial charge in [0.25, 0.3) is 15.9 Å². The molecule has 30 heavy (non-hydrogen) atoms. The van der Waals surface area contributed by atoms with E-state index in [0.717, 1.165) is 16.9 Å². The maximum Gasteiger partial charge on any atom is 0.271 e. The third-order valence-corrected chi connectivity index (χ3v) is 6.88. The first kappa shape index (κ1) is 21.4. The zero-order valence-electron chi connectivity index (χ0n) is 16.0. The number of nitrogens with one attached hydrogen (secondary N) is 2. The van der Waals surface area contributed by atoms with Crippen LogP contribution in [0, 0.1) is 12.3 Å².